The summed E-state index contributed by atoms with van der Waals surface area (Å²) < 4.78 is 27.4. The summed E-state index contributed by atoms with van der Waals surface area (Å²) in [6.07, 6.45) is 0.615. The number of hydrogen-bond donors (Lipinski definition) is 0. The molecule has 0 amide bonds. The quantitative estimate of drug-likeness (QED) is 0.494. The van der Waals surface area contributed by atoms with E-state index in [0.29, 0.717) is 19.8 Å². The monoisotopic (exact) mass is 290 g/mol. The maximum absolute atomic E-state index is 11.3. The zero-order chi connectivity index (χ0) is 15.0. The van der Waals surface area contributed by atoms with E-state index in [1.165, 1.54) is 6.92 Å². The maximum atomic E-state index is 11.3. The number of methoxy groups -OCH3 is 2. The van der Waals surface area contributed by atoms with Crippen molar-refractivity contribution in [2.24, 2.45) is 0 Å². The Balaban J connectivity index is 2.69. The lowest BCUT2D eigenvalue weighted by Gasteiger charge is -2.40. The SMILES string of the molecule is CCCCO[C@H]1CO[C@H](COC)[C@@H](OC(C)=O)[C@@H]1OC. The van der Waals surface area contributed by atoms with Crippen LogP contribution in [0, 0.1) is 0 Å². The first kappa shape index (κ1) is 17.4. The van der Waals surface area contributed by atoms with Crippen LogP contribution in [0.15, 0.2) is 0 Å². The van der Waals surface area contributed by atoms with E-state index in [1.54, 1.807) is 14.2 Å². The van der Waals surface area contributed by atoms with Crippen molar-refractivity contribution in [3.8, 4) is 0 Å². The number of unbranched alkanes of at least 4 members (excludes halogenated alkanes) is 1. The predicted octanol–water partition coefficient (Wildman–Crippen LogP) is 1.16. The van der Waals surface area contributed by atoms with Crippen LogP contribution in [0.1, 0.15) is 26.7 Å². The summed E-state index contributed by atoms with van der Waals surface area (Å²) >= 11 is 0. The van der Waals surface area contributed by atoms with E-state index < -0.39 is 6.10 Å². The van der Waals surface area contributed by atoms with Gasteiger partial charge in [-0.3, -0.25) is 4.79 Å². The number of esters is 1. The zero-order valence-electron chi connectivity index (χ0n) is 12.8. The van der Waals surface area contributed by atoms with Gasteiger partial charge in [0.15, 0.2) is 6.10 Å². The van der Waals surface area contributed by atoms with Crippen LogP contribution in [0.2, 0.25) is 0 Å². The van der Waals surface area contributed by atoms with Gasteiger partial charge in [-0.1, -0.05) is 13.3 Å². The standard InChI is InChI=1S/C14H26O6/c1-5-6-7-18-12-9-19-11(8-16-3)14(13(12)17-4)20-10(2)15/h11-14H,5-9H2,1-4H3/t11-,12+,13-,14-/m1/s1. The average molecular weight is 290 g/mol. The van der Waals surface area contributed by atoms with Crippen LogP contribution >= 0.6 is 0 Å². The van der Waals surface area contributed by atoms with E-state index >= 15 is 0 Å². The van der Waals surface area contributed by atoms with Gasteiger partial charge in [0.1, 0.15) is 18.3 Å². The molecule has 6 nitrogen and oxygen atoms in total. The maximum Gasteiger partial charge on any atom is 0.303 e. The summed E-state index contributed by atoms with van der Waals surface area (Å²) in [6, 6.07) is 0. The molecule has 0 aliphatic carbocycles. The molecule has 0 aromatic rings. The Morgan fingerprint density at radius 3 is 2.60 bits per heavy atom. The molecule has 1 fully saturated rings. The second-order valence-electron chi connectivity index (χ2n) is 4.86. The summed E-state index contributed by atoms with van der Waals surface area (Å²) in [6.45, 7) is 4.88. The van der Waals surface area contributed by atoms with Gasteiger partial charge in [-0.15, -0.1) is 0 Å². The fourth-order valence-corrected chi connectivity index (χ4v) is 2.28. The van der Waals surface area contributed by atoms with E-state index in [4.69, 9.17) is 23.7 Å². The third-order valence-corrected chi connectivity index (χ3v) is 3.27. The minimum Gasteiger partial charge on any atom is -0.457 e. The molecule has 0 bridgehead atoms. The first-order valence-electron chi connectivity index (χ1n) is 7.06. The molecule has 0 aromatic heterocycles. The highest BCUT2D eigenvalue weighted by atomic mass is 16.6. The van der Waals surface area contributed by atoms with Crippen molar-refractivity contribution in [3.63, 3.8) is 0 Å². The van der Waals surface area contributed by atoms with Gasteiger partial charge in [-0.05, 0) is 6.42 Å². The van der Waals surface area contributed by atoms with Crippen LogP contribution in [0.3, 0.4) is 0 Å². The van der Waals surface area contributed by atoms with Crippen molar-refractivity contribution in [1.82, 2.24) is 0 Å². The van der Waals surface area contributed by atoms with Gasteiger partial charge in [0.2, 0.25) is 0 Å². The molecular weight excluding hydrogens is 264 g/mol. The van der Waals surface area contributed by atoms with Gasteiger partial charge < -0.3 is 23.7 Å². The van der Waals surface area contributed by atoms with Crippen molar-refractivity contribution in [3.05, 3.63) is 0 Å². The van der Waals surface area contributed by atoms with Gasteiger partial charge in [0, 0.05) is 27.8 Å². The lowest BCUT2D eigenvalue weighted by Crippen LogP contribution is -2.57. The molecule has 118 valence electrons. The van der Waals surface area contributed by atoms with Crippen LogP contribution in [0.5, 0.6) is 0 Å². The van der Waals surface area contributed by atoms with Crippen LogP contribution < -0.4 is 0 Å². The summed E-state index contributed by atoms with van der Waals surface area (Å²) in [7, 11) is 3.17. The third-order valence-electron chi connectivity index (χ3n) is 3.27. The Morgan fingerprint density at radius 2 is 2.05 bits per heavy atom. The lowest BCUT2D eigenvalue weighted by molar-refractivity contribution is -0.229. The number of ether oxygens (including phenoxy) is 5. The number of carbonyl (C=O) groups excluding carboxylic acids is 1. The largest absolute Gasteiger partial charge is 0.457 e. The summed E-state index contributed by atoms with van der Waals surface area (Å²) in [5, 5.41) is 0. The smallest absolute Gasteiger partial charge is 0.303 e. The van der Waals surface area contributed by atoms with E-state index in [2.05, 4.69) is 6.92 Å². The van der Waals surface area contributed by atoms with Crippen molar-refractivity contribution in [2.45, 2.75) is 51.1 Å². The molecule has 1 aliphatic rings. The fourth-order valence-electron chi connectivity index (χ4n) is 2.28. The van der Waals surface area contributed by atoms with Gasteiger partial charge in [0.05, 0.1) is 13.2 Å². The van der Waals surface area contributed by atoms with Crippen LogP contribution in [0.25, 0.3) is 0 Å². The average Bonchev–Trinajstić information content (AvgIpc) is 2.41. The van der Waals surface area contributed by atoms with Crippen molar-refractivity contribution < 1.29 is 28.5 Å². The molecule has 0 saturated carbocycles. The summed E-state index contributed by atoms with van der Waals surface area (Å²) in [5.41, 5.74) is 0. The second kappa shape index (κ2) is 9.28. The van der Waals surface area contributed by atoms with Gasteiger partial charge >= 0.3 is 5.97 Å². The summed E-state index contributed by atoms with van der Waals surface area (Å²) in [5.74, 6) is -0.365. The summed E-state index contributed by atoms with van der Waals surface area (Å²) in [4.78, 5) is 11.3. The van der Waals surface area contributed by atoms with Crippen LogP contribution in [0.4, 0.5) is 0 Å². The second-order valence-corrected chi connectivity index (χ2v) is 4.86. The highest BCUT2D eigenvalue weighted by Crippen LogP contribution is 2.24. The Hall–Kier alpha value is -0.690. The van der Waals surface area contributed by atoms with E-state index in [9.17, 15) is 4.79 Å². The van der Waals surface area contributed by atoms with Crippen LogP contribution in [-0.4, -0.2) is 64.4 Å². The first-order chi connectivity index (χ1) is 9.63. The lowest BCUT2D eigenvalue weighted by atomic mass is 9.99. The normalized spacial score (nSPS) is 30.2. The number of carbonyl (C=O) groups is 1. The van der Waals surface area contributed by atoms with Gasteiger partial charge in [-0.25, -0.2) is 0 Å². The van der Waals surface area contributed by atoms with E-state index in [-0.39, 0.29) is 24.3 Å². The minimum atomic E-state index is -0.516. The first-order valence-corrected chi connectivity index (χ1v) is 7.06. The molecular formula is C14H26O6. The molecule has 1 aliphatic heterocycles. The highest BCUT2D eigenvalue weighted by Gasteiger charge is 2.43. The Labute approximate surface area is 120 Å². The minimum absolute atomic E-state index is 0.232. The number of rotatable bonds is 8. The molecule has 1 rings (SSSR count). The molecule has 0 radical (unpaired) electrons. The highest BCUT2D eigenvalue weighted by molar-refractivity contribution is 5.66. The molecule has 0 unspecified atom stereocenters. The molecule has 0 aromatic carbocycles. The van der Waals surface area contributed by atoms with Gasteiger partial charge in [0.25, 0.3) is 0 Å². The third kappa shape index (κ3) is 5.01. The Bertz CT molecular complexity index is 283. The Kier molecular flexibility index (Phi) is 8.06. The zero-order valence-corrected chi connectivity index (χ0v) is 12.8. The molecule has 4 atom stereocenters. The molecule has 0 spiro atoms. The predicted molar refractivity (Wildman–Crippen MR) is 72.6 cm³/mol. The van der Waals surface area contributed by atoms with Gasteiger partial charge in [-0.2, -0.15) is 0 Å². The number of hydrogen-bond acceptors (Lipinski definition) is 6. The molecule has 6 heteroatoms. The van der Waals surface area contributed by atoms with Crippen molar-refractivity contribution in [2.75, 3.05) is 34.0 Å². The molecule has 1 saturated heterocycles. The molecule has 20 heavy (non-hydrogen) atoms. The fraction of sp³-hybridized carbons (Fsp3) is 0.929. The molecule has 0 N–H and O–H groups in total. The Morgan fingerprint density at radius 1 is 1.30 bits per heavy atom. The topological polar surface area (TPSA) is 63.2 Å². The van der Waals surface area contributed by atoms with Crippen molar-refractivity contribution >= 4 is 5.97 Å². The van der Waals surface area contributed by atoms with E-state index in [0.717, 1.165) is 12.8 Å². The molecule has 1 heterocycles. The van der Waals surface area contributed by atoms with E-state index in [1.807, 2.05) is 0 Å². The van der Waals surface area contributed by atoms with Crippen molar-refractivity contribution in [1.29, 1.82) is 0 Å². The van der Waals surface area contributed by atoms with Crippen LogP contribution in [-0.2, 0) is 28.5 Å².